The van der Waals surface area contributed by atoms with Gasteiger partial charge in [-0.2, -0.15) is 0 Å². The van der Waals surface area contributed by atoms with Crippen LogP contribution < -0.4 is 0 Å². The molecule has 27 heavy (non-hydrogen) atoms. The van der Waals surface area contributed by atoms with Crippen molar-refractivity contribution in [1.82, 2.24) is 3.97 Å². The van der Waals surface area contributed by atoms with Gasteiger partial charge in [-0.15, -0.1) is 0 Å². The molecule has 0 saturated heterocycles. The third kappa shape index (κ3) is 3.04. The maximum absolute atomic E-state index is 13.4. The Morgan fingerprint density at radius 1 is 1.15 bits per heavy atom. The van der Waals surface area contributed by atoms with Crippen molar-refractivity contribution in [2.75, 3.05) is 6.61 Å². The van der Waals surface area contributed by atoms with Crippen LogP contribution >= 0.6 is 0 Å². The lowest BCUT2D eigenvalue weighted by molar-refractivity contribution is -0.144. The Hall–Kier alpha value is -2.60. The number of carbonyl (C=O) groups excluding carboxylic acids is 1. The van der Waals surface area contributed by atoms with Crippen molar-refractivity contribution >= 4 is 26.9 Å². The number of para-hydroxylation sites is 1. The molecule has 1 saturated carbocycles. The van der Waals surface area contributed by atoms with E-state index in [0.29, 0.717) is 24.2 Å². The predicted octanol–water partition coefficient (Wildman–Crippen LogP) is 3.85. The first-order chi connectivity index (χ1) is 12.9. The number of aryl methyl sites for hydroxylation is 1. The molecule has 0 spiro atoms. The lowest BCUT2D eigenvalue weighted by Crippen LogP contribution is -2.16. The second kappa shape index (κ2) is 6.53. The molecule has 1 heterocycles. The summed E-state index contributed by atoms with van der Waals surface area (Å²) in [4.78, 5) is 12.3. The monoisotopic (exact) mass is 383 g/mol. The van der Waals surface area contributed by atoms with Crippen molar-refractivity contribution < 1.29 is 17.9 Å². The summed E-state index contributed by atoms with van der Waals surface area (Å²) < 4.78 is 33.4. The highest BCUT2D eigenvalue weighted by Gasteiger charge is 2.48. The summed E-state index contributed by atoms with van der Waals surface area (Å²) in [5.41, 5.74) is 2.27. The van der Waals surface area contributed by atoms with Gasteiger partial charge < -0.3 is 4.74 Å². The van der Waals surface area contributed by atoms with Crippen LogP contribution in [0.2, 0.25) is 0 Å². The summed E-state index contributed by atoms with van der Waals surface area (Å²) >= 11 is 0. The molecule has 1 aliphatic rings. The molecule has 1 fully saturated rings. The standard InChI is InChI=1S/C21H21NO4S/c1-3-26-21(23)18-13-17(18)20-12-15-6-4-5-7-19(15)22(20)27(24,25)16-10-8-14(2)9-11-16/h4-12,17-18H,3,13H2,1-2H3. The highest BCUT2D eigenvalue weighted by Crippen LogP contribution is 2.50. The zero-order chi connectivity index (χ0) is 19.2. The zero-order valence-corrected chi connectivity index (χ0v) is 16.1. The number of benzene rings is 2. The van der Waals surface area contributed by atoms with Gasteiger partial charge in [-0.25, -0.2) is 12.4 Å². The van der Waals surface area contributed by atoms with Gasteiger partial charge in [0, 0.05) is 17.0 Å². The minimum Gasteiger partial charge on any atom is -0.466 e. The van der Waals surface area contributed by atoms with Gasteiger partial charge in [0.15, 0.2) is 0 Å². The third-order valence-corrected chi connectivity index (χ3v) is 6.77. The second-order valence-electron chi connectivity index (χ2n) is 6.91. The Bertz CT molecular complexity index is 1110. The molecular formula is C21H21NO4S. The van der Waals surface area contributed by atoms with Crippen LogP contribution in [0.15, 0.2) is 59.5 Å². The van der Waals surface area contributed by atoms with E-state index in [4.69, 9.17) is 4.74 Å². The summed E-state index contributed by atoms with van der Waals surface area (Å²) in [7, 11) is -3.77. The summed E-state index contributed by atoms with van der Waals surface area (Å²) in [5.74, 6) is -0.676. The van der Waals surface area contributed by atoms with Gasteiger partial charge in [-0.1, -0.05) is 35.9 Å². The van der Waals surface area contributed by atoms with Crippen LogP contribution in [0.4, 0.5) is 0 Å². The summed E-state index contributed by atoms with van der Waals surface area (Å²) in [6.45, 7) is 4.02. The average molecular weight is 383 g/mol. The fraction of sp³-hybridized carbons (Fsp3) is 0.286. The minimum atomic E-state index is -3.77. The highest BCUT2D eigenvalue weighted by atomic mass is 32.2. The van der Waals surface area contributed by atoms with Crippen LogP contribution in [-0.4, -0.2) is 25.0 Å². The van der Waals surface area contributed by atoms with E-state index in [1.54, 1.807) is 37.3 Å². The molecule has 1 aliphatic carbocycles. The largest absolute Gasteiger partial charge is 0.466 e. The number of nitrogens with zero attached hydrogens (tertiary/aromatic N) is 1. The van der Waals surface area contributed by atoms with E-state index in [1.165, 1.54) is 3.97 Å². The molecular weight excluding hydrogens is 362 g/mol. The predicted molar refractivity (Wildman–Crippen MR) is 103 cm³/mol. The Kier molecular flexibility index (Phi) is 4.30. The molecule has 2 unspecified atom stereocenters. The van der Waals surface area contributed by atoms with Gasteiger partial charge in [-0.05, 0) is 44.5 Å². The van der Waals surface area contributed by atoms with E-state index in [0.717, 1.165) is 10.9 Å². The number of carbonyl (C=O) groups is 1. The van der Waals surface area contributed by atoms with E-state index < -0.39 is 10.0 Å². The SMILES string of the molecule is CCOC(=O)C1CC1c1cc2ccccc2n1S(=O)(=O)c1ccc(C)cc1. The second-order valence-corrected chi connectivity index (χ2v) is 8.70. The number of hydrogen-bond acceptors (Lipinski definition) is 4. The fourth-order valence-corrected chi connectivity index (χ4v) is 5.11. The first kappa shape index (κ1) is 17.8. The number of rotatable bonds is 5. The first-order valence-electron chi connectivity index (χ1n) is 9.02. The van der Waals surface area contributed by atoms with E-state index in [-0.39, 0.29) is 22.7 Å². The van der Waals surface area contributed by atoms with Crippen molar-refractivity contribution in [3.8, 4) is 0 Å². The van der Waals surface area contributed by atoms with Gasteiger partial charge in [0.05, 0.1) is 22.9 Å². The molecule has 6 heteroatoms. The molecule has 0 amide bonds. The third-order valence-electron chi connectivity index (χ3n) is 5.01. The van der Waals surface area contributed by atoms with E-state index >= 15 is 0 Å². The van der Waals surface area contributed by atoms with Crippen LogP contribution in [0, 0.1) is 12.8 Å². The Labute approximate surface area is 158 Å². The van der Waals surface area contributed by atoms with Crippen LogP contribution in [0.3, 0.4) is 0 Å². The van der Waals surface area contributed by atoms with Gasteiger partial charge in [-0.3, -0.25) is 4.79 Å². The number of esters is 1. The van der Waals surface area contributed by atoms with Crippen molar-refractivity contribution in [1.29, 1.82) is 0 Å². The molecule has 4 rings (SSSR count). The topological polar surface area (TPSA) is 65.4 Å². The number of aromatic nitrogens is 1. The van der Waals surface area contributed by atoms with E-state index in [2.05, 4.69) is 0 Å². The van der Waals surface area contributed by atoms with Gasteiger partial charge >= 0.3 is 5.97 Å². The van der Waals surface area contributed by atoms with Crippen LogP contribution in [0.25, 0.3) is 10.9 Å². The van der Waals surface area contributed by atoms with Crippen molar-refractivity contribution in [3.63, 3.8) is 0 Å². The maximum atomic E-state index is 13.4. The normalized spacial score (nSPS) is 19.2. The lowest BCUT2D eigenvalue weighted by atomic mass is 10.2. The maximum Gasteiger partial charge on any atom is 0.309 e. The smallest absolute Gasteiger partial charge is 0.309 e. The molecule has 1 aromatic heterocycles. The number of ether oxygens (including phenoxy) is 1. The molecule has 5 nitrogen and oxygen atoms in total. The molecule has 0 aliphatic heterocycles. The molecule has 3 aromatic rings. The van der Waals surface area contributed by atoms with Crippen LogP contribution in [0.5, 0.6) is 0 Å². The summed E-state index contributed by atoms with van der Waals surface area (Å²) in [5, 5.41) is 0.845. The molecule has 0 N–H and O–H groups in total. The Morgan fingerprint density at radius 2 is 1.85 bits per heavy atom. The summed E-state index contributed by atoms with van der Waals surface area (Å²) in [6.07, 6.45) is 0.610. The van der Waals surface area contributed by atoms with Gasteiger partial charge in [0.2, 0.25) is 0 Å². The Balaban J connectivity index is 1.85. The molecule has 0 radical (unpaired) electrons. The average Bonchev–Trinajstić information content (AvgIpc) is 3.35. The summed E-state index contributed by atoms with van der Waals surface area (Å²) in [6, 6.07) is 16.1. The fourth-order valence-electron chi connectivity index (χ4n) is 3.52. The molecule has 2 atom stereocenters. The van der Waals surface area contributed by atoms with Gasteiger partial charge in [0.25, 0.3) is 10.0 Å². The first-order valence-corrected chi connectivity index (χ1v) is 10.5. The van der Waals surface area contributed by atoms with Crippen molar-refractivity contribution in [3.05, 3.63) is 65.9 Å². The molecule has 0 bridgehead atoms. The lowest BCUT2D eigenvalue weighted by Gasteiger charge is -2.12. The number of fused-ring (bicyclic) bond motifs is 1. The number of hydrogen-bond donors (Lipinski definition) is 0. The highest BCUT2D eigenvalue weighted by molar-refractivity contribution is 7.90. The Morgan fingerprint density at radius 3 is 2.56 bits per heavy atom. The quantitative estimate of drug-likeness (QED) is 0.628. The van der Waals surface area contributed by atoms with Crippen LogP contribution in [0.1, 0.15) is 30.5 Å². The zero-order valence-electron chi connectivity index (χ0n) is 15.3. The molecule has 2 aromatic carbocycles. The van der Waals surface area contributed by atoms with Crippen molar-refractivity contribution in [2.45, 2.75) is 31.1 Å². The minimum absolute atomic E-state index is 0.142. The van der Waals surface area contributed by atoms with E-state index in [1.807, 2.05) is 31.2 Å². The van der Waals surface area contributed by atoms with Gasteiger partial charge in [0.1, 0.15) is 0 Å². The van der Waals surface area contributed by atoms with E-state index in [9.17, 15) is 13.2 Å². The molecule has 140 valence electrons. The van der Waals surface area contributed by atoms with Crippen molar-refractivity contribution in [2.24, 2.45) is 5.92 Å². The van der Waals surface area contributed by atoms with Crippen LogP contribution in [-0.2, 0) is 19.6 Å².